The summed E-state index contributed by atoms with van der Waals surface area (Å²) in [5, 5.41) is 0. The van der Waals surface area contributed by atoms with Crippen LogP contribution in [0.2, 0.25) is 0 Å². The summed E-state index contributed by atoms with van der Waals surface area (Å²) in [6.07, 6.45) is 9.07. The summed E-state index contributed by atoms with van der Waals surface area (Å²) in [7, 11) is 3.32. The molecule has 29 heavy (non-hydrogen) atoms. The van der Waals surface area contributed by atoms with Crippen molar-refractivity contribution >= 4 is 11.6 Å². The van der Waals surface area contributed by atoms with Crippen molar-refractivity contribution in [2.24, 2.45) is 0 Å². The molecule has 6 heteroatoms. The van der Waals surface area contributed by atoms with Gasteiger partial charge in [-0.15, -0.1) is 0 Å². The number of hydrogen-bond donors (Lipinski definition) is 0. The smallest absolute Gasteiger partial charge is 0.255 e. The lowest BCUT2D eigenvalue weighted by molar-refractivity contribution is 0.0761. The lowest BCUT2D eigenvalue weighted by Crippen LogP contribution is -2.33. The van der Waals surface area contributed by atoms with Gasteiger partial charge in [0.25, 0.3) is 5.91 Å². The molecule has 0 atom stereocenters. The second kappa shape index (κ2) is 8.72. The van der Waals surface area contributed by atoms with Crippen LogP contribution in [0, 0.1) is 0 Å². The predicted molar refractivity (Wildman–Crippen MR) is 113 cm³/mol. The molecule has 1 aromatic heterocycles. The Morgan fingerprint density at radius 2 is 1.59 bits per heavy atom. The minimum atomic E-state index is 0.102. The number of hydrogen-bond acceptors (Lipinski definition) is 5. The molecule has 6 nitrogen and oxygen atoms in total. The normalized spacial score (nSPS) is 16.8. The molecule has 0 aliphatic carbocycles. The average Bonchev–Trinajstić information content (AvgIpc) is 3.07. The highest BCUT2D eigenvalue weighted by Gasteiger charge is 2.22. The number of likely N-dealkylation sites (tertiary alicyclic amines) is 1. The molecule has 1 fully saturated rings. The number of aromatic nitrogens is 1. The highest BCUT2D eigenvalue weighted by atomic mass is 16.5. The highest BCUT2D eigenvalue weighted by molar-refractivity contribution is 5.94. The summed E-state index contributed by atoms with van der Waals surface area (Å²) in [4.78, 5) is 21.6. The van der Waals surface area contributed by atoms with Crippen LogP contribution in [0.5, 0.6) is 11.5 Å². The maximum Gasteiger partial charge on any atom is 0.255 e. The third-order valence-electron chi connectivity index (χ3n) is 5.95. The van der Waals surface area contributed by atoms with E-state index in [1.165, 1.54) is 24.0 Å². The van der Waals surface area contributed by atoms with Crippen LogP contribution in [-0.4, -0.2) is 49.6 Å². The lowest BCUT2D eigenvalue weighted by Gasteiger charge is -2.31. The minimum absolute atomic E-state index is 0.102. The lowest BCUT2D eigenvalue weighted by atomic mass is 9.98. The number of amides is 1. The number of ether oxygens (including phenoxy) is 2. The van der Waals surface area contributed by atoms with Crippen molar-refractivity contribution in [3.8, 4) is 11.5 Å². The van der Waals surface area contributed by atoms with E-state index in [-0.39, 0.29) is 5.91 Å². The Morgan fingerprint density at radius 3 is 2.28 bits per heavy atom. The molecule has 1 saturated heterocycles. The average molecular weight is 396 g/mol. The van der Waals surface area contributed by atoms with Crippen molar-refractivity contribution in [2.45, 2.75) is 38.6 Å². The van der Waals surface area contributed by atoms with E-state index in [9.17, 15) is 4.79 Å². The molecule has 0 radical (unpaired) electrons. The van der Waals surface area contributed by atoms with E-state index in [4.69, 9.17) is 9.47 Å². The van der Waals surface area contributed by atoms with Crippen LogP contribution in [0.15, 0.2) is 30.6 Å². The molecule has 0 unspecified atom stereocenters. The van der Waals surface area contributed by atoms with Crippen LogP contribution in [-0.2, 0) is 13.0 Å². The van der Waals surface area contributed by atoms with E-state index in [1.54, 1.807) is 20.4 Å². The molecular weight excluding hydrogens is 366 g/mol. The van der Waals surface area contributed by atoms with Gasteiger partial charge in [0.15, 0.2) is 11.5 Å². The Kier molecular flexibility index (Phi) is 5.88. The molecular formula is C23H29N3O3. The van der Waals surface area contributed by atoms with Gasteiger partial charge in [0, 0.05) is 32.4 Å². The molecule has 1 aromatic carbocycles. The summed E-state index contributed by atoms with van der Waals surface area (Å²) in [6.45, 7) is 3.34. The summed E-state index contributed by atoms with van der Waals surface area (Å²) >= 11 is 0. The van der Waals surface area contributed by atoms with E-state index in [0.717, 1.165) is 62.6 Å². The Balaban J connectivity index is 1.54. The maximum atomic E-state index is 13.0. The zero-order chi connectivity index (χ0) is 20.2. The second-order valence-corrected chi connectivity index (χ2v) is 7.79. The van der Waals surface area contributed by atoms with Gasteiger partial charge in [-0.25, -0.2) is 0 Å². The van der Waals surface area contributed by atoms with Crippen molar-refractivity contribution in [2.75, 3.05) is 38.8 Å². The van der Waals surface area contributed by atoms with Gasteiger partial charge >= 0.3 is 0 Å². The SMILES string of the molecule is COc1cc2c(cc1OC)CN(c1cncc(C(=O)N3CCCCCC3)c1)CC2. The van der Waals surface area contributed by atoms with Crippen LogP contribution >= 0.6 is 0 Å². The minimum Gasteiger partial charge on any atom is -0.493 e. The molecule has 2 aromatic rings. The van der Waals surface area contributed by atoms with Gasteiger partial charge in [0.1, 0.15) is 0 Å². The predicted octanol–water partition coefficient (Wildman–Crippen LogP) is 3.68. The number of carbonyl (C=O) groups is 1. The largest absolute Gasteiger partial charge is 0.493 e. The number of rotatable bonds is 4. The molecule has 0 N–H and O–H groups in total. The molecule has 0 spiro atoms. The molecule has 0 bridgehead atoms. The number of anilines is 1. The molecule has 3 heterocycles. The Hall–Kier alpha value is -2.76. The van der Waals surface area contributed by atoms with Gasteiger partial charge in [0.2, 0.25) is 0 Å². The van der Waals surface area contributed by atoms with Crippen molar-refractivity contribution in [3.63, 3.8) is 0 Å². The van der Waals surface area contributed by atoms with Gasteiger partial charge in [-0.1, -0.05) is 12.8 Å². The molecule has 0 saturated carbocycles. The molecule has 2 aliphatic rings. The monoisotopic (exact) mass is 395 g/mol. The van der Waals surface area contributed by atoms with Crippen LogP contribution in [0.25, 0.3) is 0 Å². The third kappa shape index (κ3) is 4.16. The third-order valence-corrected chi connectivity index (χ3v) is 5.95. The van der Waals surface area contributed by atoms with E-state index < -0.39 is 0 Å². The number of nitrogens with zero attached hydrogens (tertiary/aromatic N) is 3. The summed E-state index contributed by atoms with van der Waals surface area (Å²) in [5.74, 6) is 1.62. The first kappa shape index (κ1) is 19.6. The highest BCUT2D eigenvalue weighted by Crippen LogP contribution is 2.34. The Labute approximate surface area is 172 Å². The molecule has 1 amide bonds. The quantitative estimate of drug-likeness (QED) is 0.791. The van der Waals surface area contributed by atoms with Crippen LogP contribution in [0.3, 0.4) is 0 Å². The van der Waals surface area contributed by atoms with E-state index in [1.807, 2.05) is 17.2 Å². The van der Waals surface area contributed by atoms with Gasteiger partial charge in [0.05, 0.1) is 31.7 Å². The molecule has 4 rings (SSSR count). The van der Waals surface area contributed by atoms with Crippen molar-refractivity contribution in [1.82, 2.24) is 9.88 Å². The molecule has 154 valence electrons. The summed E-state index contributed by atoms with van der Waals surface area (Å²) in [5.41, 5.74) is 4.18. The topological polar surface area (TPSA) is 54.9 Å². The standard InChI is InChI=1S/C23H29N3O3/c1-28-21-12-17-7-10-26(16-19(17)13-22(21)29-2)20-11-18(14-24-15-20)23(27)25-8-5-3-4-6-9-25/h11-15H,3-10,16H2,1-2H3. The van der Waals surface area contributed by atoms with Crippen LogP contribution < -0.4 is 14.4 Å². The fourth-order valence-corrected chi connectivity index (χ4v) is 4.28. The zero-order valence-corrected chi connectivity index (χ0v) is 17.3. The fourth-order valence-electron chi connectivity index (χ4n) is 4.28. The van der Waals surface area contributed by atoms with E-state index >= 15 is 0 Å². The van der Waals surface area contributed by atoms with Gasteiger partial charge < -0.3 is 19.3 Å². The van der Waals surface area contributed by atoms with Gasteiger partial charge in [-0.2, -0.15) is 0 Å². The first-order valence-electron chi connectivity index (χ1n) is 10.4. The number of carbonyl (C=O) groups excluding carboxylic acids is 1. The number of benzene rings is 1. The maximum absolute atomic E-state index is 13.0. The second-order valence-electron chi connectivity index (χ2n) is 7.79. The van der Waals surface area contributed by atoms with Gasteiger partial charge in [-0.3, -0.25) is 9.78 Å². The number of methoxy groups -OCH3 is 2. The van der Waals surface area contributed by atoms with Crippen LogP contribution in [0.4, 0.5) is 5.69 Å². The summed E-state index contributed by atoms with van der Waals surface area (Å²) < 4.78 is 10.9. The molecule has 2 aliphatic heterocycles. The fraction of sp³-hybridized carbons (Fsp3) is 0.478. The first-order valence-corrected chi connectivity index (χ1v) is 10.4. The van der Waals surface area contributed by atoms with Crippen molar-refractivity contribution in [3.05, 3.63) is 47.3 Å². The van der Waals surface area contributed by atoms with E-state index in [0.29, 0.717) is 5.56 Å². The number of pyridine rings is 1. The van der Waals surface area contributed by atoms with Crippen molar-refractivity contribution in [1.29, 1.82) is 0 Å². The van der Waals surface area contributed by atoms with Crippen LogP contribution in [0.1, 0.15) is 47.2 Å². The number of fused-ring (bicyclic) bond motifs is 1. The Morgan fingerprint density at radius 1 is 0.897 bits per heavy atom. The van der Waals surface area contributed by atoms with E-state index in [2.05, 4.69) is 22.0 Å². The summed E-state index contributed by atoms with van der Waals surface area (Å²) in [6, 6.07) is 6.12. The first-order chi connectivity index (χ1) is 14.2. The van der Waals surface area contributed by atoms with Gasteiger partial charge in [-0.05, 0) is 48.6 Å². The van der Waals surface area contributed by atoms with Crippen molar-refractivity contribution < 1.29 is 14.3 Å². The Bertz CT molecular complexity index is 876. The zero-order valence-electron chi connectivity index (χ0n) is 17.3.